The number of amides is 1. The number of fused-ring (bicyclic) bond motifs is 1. The SMILES string of the molecule is Cl.NC(=O)c1ccc2c(c1)C=CNC=C2. The first-order valence-corrected chi connectivity index (χ1v) is 4.30. The van der Waals surface area contributed by atoms with Gasteiger partial charge in [0.1, 0.15) is 0 Å². The van der Waals surface area contributed by atoms with Crippen LogP contribution in [-0.2, 0) is 0 Å². The Morgan fingerprint density at radius 3 is 2.47 bits per heavy atom. The Hall–Kier alpha value is -1.74. The first kappa shape index (κ1) is 11.3. The molecule has 0 bridgehead atoms. The van der Waals surface area contributed by atoms with Crippen LogP contribution in [0.1, 0.15) is 21.5 Å². The van der Waals surface area contributed by atoms with Crippen molar-refractivity contribution in [1.82, 2.24) is 5.32 Å². The van der Waals surface area contributed by atoms with Gasteiger partial charge in [-0.05, 0) is 35.4 Å². The summed E-state index contributed by atoms with van der Waals surface area (Å²) in [5.41, 5.74) is 7.77. The van der Waals surface area contributed by atoms with Gasteiger partial charge in [-0.1, -0.05) is 6.07 Å². The molecule has 1 aliphatic heterocycles. The van der Waals surface area contributed by atoms with Crippen LogP contribution >= 0.6 is 12.4 Å². The maximum atomic E-state index is 10.9. The van der Waals surface area contributed by atoms with Gasteiger partial charge in [0.15, 0.2) is 0 Å². The molecule has 3 N–H and O–H groups in total. The van der Waals surface area contributed by atoms with E-state index in [1.807, 2.05) is 30.6 Å². The molecule has 0 spiro atoms. The molecule has 15 heavy (non-hydrogen) atoms. The van der Waals surface area contributed by atoms with Crippen molar-refractivity contribution < 1.29 is 4.79 Å². The van der Waals surface area contributed by atoms with Crippen molar-refractivity contribution in [2.24, 2.45) is 5.73 Å². The van der Waals surface area contributed by atoms with Crippen LogP contribution in [0.4, 0.5) is 0 Å². The van der Waals surface area contributed by atoms with Crippen LogP contribution in [0, 0.1) is 0 Å². The minimum absolute atomic E-state index is 0. The molecule has 0 unspecified atom stereocenters. The van der Waals surface area contributed by atoms with Gasteiger partial charge >= 0.3 is 0 Å². The van der Waals surface area contributed by atoms with Crippen molar-refractivity contribution >= 4 is 30.5 Å². The molecule has 0 aromatic heterocycles. The van der Waals surface area contributed by atoms with Crippen molar-refractivity contribution in [2.45, 2.75) is 0 Å². The zero-order chi connectivity index (χ0) is 9.97. The molecule has 2 rings (SSSR count). The Morgan fingerprint density at radius 2 is 1.80 bits per heavy atom. The molecule has 1 heterocycles. The van der Waals surface area contributed by atoms with E-state index in [1.165, 1.54) is 0 Å². The second-order valence-electron chi connectivity index (χ2n) is 3.04. The molecule has 1 aromatic carbocycles. The van der Waals surface area contributed by atoms with Crippen molar-refractivity contribution in [2.75, 3.05) is 0 Å². The molecular formula is C11H11ClN2O. The Kier molecular flexibility index (Phi) is 3.52. The normalized spacial score (nSPS) is 12.0. The van der Waals surface area contributed by atoms with E-state index in [0.717, 1.165) is 11.1 Å². The third-order valence-corrected chi connectivity index (χ3v) is 2.09. The maximum absolute atomic E-state index is 10.9. The zero-order valence-corrected chi connectivity index (χ0v) is 8.75. The molecule has 0 aliphatic carbocycles. The topological polar surface area (TPSA) is 55.1 Å². The molecule has 1 aliphatic rings. The lowest BCUT2D eigenvalue weighted by Crippen LogP contribution is -2.10. The highest BCUT2D eigenvalue weighted by molar-refractivity contribution is 5.94. The van der Waals surface area contributed by atoms with E-state index in [2.05, 4.69) is 5.32 Å². The second-order valence-corrected chi connectivity index (χ2v) is 3.04. The predicted molar refractivity (Wildman–Crippen MR) is 63.4 cm³/mol. The number of hydrogen-bond donors (Lipinski definition) is 2. The number of nitrogens with two attached hydrogens (primary N) is 1. The summed E-state index contributed by atoms with van der Waals surface area (Å²) in [7, 11) is 0. The van der Waals surface area contributed by atoms with Gasteiger partial charge in [0.05, 0.1) is 0 Å². The highest BCUT2D eigenvalue weighted by Gasteiger charge is 2.04. The van der Waals surface area contributed by atoms with E-state index in [9.17, 15) is 4.79 Å². The van der Waals surface area contributed by atoms with Crippen LogP contribution in [0.25, 0.3) is 12.2 Å². The first-order chi connectivity index (χ1) is 6.77. The second kappa shape index (κ2) is 4.66. The summed E-state index contributed by atoms with van der Waals surface area (Å²) in [4.78, 5) is 10.9. The number of nitrogens with one attached hydrogen (secondary N) is 1. The summed E-state index contributed by atoms with van der Waals surface area (Å²) in [6.07, 6.45) is 7.50. The quantitative estimate of drug-likeness (QED) is 0.761. The number of hydrogen-bond acceptors (Lipinski definition) is 2. The minimum Gasteiger partial charge on any atom is -0.368 e. The van der Waals surface area contributed by atoms with E-state index >= 15 is 0 Å². The highest BCUT2D eigenvalue weighted by Crippen LogP contribution is 2.16. The van der Waals surface area contributed by atoms with E-state index in [4.69, 9.17) is 5.73 Å². The van der Waals surface area contributed by atoms with Crippen LogP contribution in [0.3, 0.4) is 0 Å². The Bertz CT molecular complexity index is 438. The Balaban J connectivity index is 0.00000112. The number of primary amides is 1. The monoisotopic (exact) mass is 222 g/mol. The molecule has 4 heteroatoms. The van der Waals surface area contributed by atoms with Crippen LogP contribution < -0.4 is 11.1 Å². The summed E-state index contributed by atoms with van der Waals surface area (Å²) < 4.78 is 0. The van der Waals surface area contributed by atoms with Gasteiger partial charge in [0.2, 0.25) is 5.91 Å². The molecule has 0 saturated carbocycles. The lowest BCUT2D eigenvalue weighted by molar-refractivity contribution is 0.100. The van der Waals surface area contributed by atoms with Gasteiger partial charge < -0.3 is 11.1 Å². The summed E-state index contributed by atoms with van der Waals surface area (Å²) in [6.45, 7) is 0. The van der Waals surface area contributed by atoms with Gasteiger partial charge in [-0.25, -0.2) is 0 Å². The van der Waals surface area contributed by atoms with E-state index < -0.39 is 5.91 Å². The third-order valence-electron chi connectivity index (χ3n) is 2.09. The average Bonchev–Trinajstić information content (AvgIpc) is 2.41. The molecule has 0 atom stereocenters. The zero-order valence-electron chi connectivity index (χ0n) is 7.94. The lowest BCUT2D eigenvalue weighted by atomic mass is 10.0. The summed E-state index contributed by atoms with van der Waals surface area (Å²) in [5, 5.41) is 2.97. The van der Waals surface area contributed by atoms with Gasteiger partial charge in [0, 0.05) is 18.0 Å². The van der Waals surface area contributed by atoms with E-state index in [1.54, 1.807) is 12.1 Å². The maximum Gasteiger partial charge on any atom is 0.248 e. The summed E-state index contributed by atoms with van der Waals surface area (Å²) in [6, 6.07) is 5.39. The van der Waals surface area contributed by atoms with Gasteiger partial charge in [-0.2, -0.15) is 0 Å². The van der Waals surface area contributed by atoms with Crippen LogP contribution in [0.15, 0.2) is 30.6 Å². The van der Waals surface area contributed by atoms with Crippen LogP contribution in [0.2, 0.25) is 0 Å². The van der Waals surface area contributed by atoms with Crippen molar-refractivity contribution in [3.05, 3.63) is 47.3 Å². The molecule has 1 aromatic rings. The molecule has 0 radical (unpaired) electrons. The third kappa shape index (κ3) is 2.39. The van der Waals surface area contributed by atoms with Crippen molar-refractivity contribution in [3.8, 4) is 0 Å². The number of halogens is 1. The fourth-order valence-corrected chi connectivity index (χ4v) is 1.36. The molecule has 78 valence electrons. The predicted octanol–water partition coefficient (Wildman–Crippen LogP) is 1.75. The fourth-order valence-electron chi connectivity index (χ4n) is 1.36. The minimum atomic E-state index is -0.401. The van der Waals surface area contributed by atoms with Crippen molar-refractivity contribution in [1.29, 1.82) is 0 Å². The number of benzene rings is 1. The standard InChI is InChI=1S/C11H10N2O.ClH/c12-11(14)10-2-1-8-3-5-13-6-4-9(8)7-10;/h1-7,13H,(H2,12,14);1H. The molecule has 0 fully saturated rings. The first-order valence-electron chi connectivity index (χ1n) is 4.30. The highest BCUT2D eigenvalue weighted by atomic mass is 35.5. The van der Waals surface area contributed by atoms with Gasteiger partial charge in [0.25, 0.3) is 0 Å². The molecule has 0 saturated heterocycles. The number of rotatable bonds is 1. The lowest BCUT2D eigenvalue weighted by Gasteiger charge is -2.01. The summed E-state index contributed by atoms with van der Waals surface area (Å²) >= 11 is 0. The van der Waals surface area contributed by atoms with Crippen molar-refractivity contribution in [3.63, 3.8) is 0 Å². The largest absolute Gasteiger partial charge is 0.368 e. The number of carbonyl (C=O) groups is 1. The summed E-state index contributed by atoms with van der Waals surface area (Å²) in [5.74, 6) is -0.401. The Labute approximate surface area is 94.1 Å². The molecular weight excluding hydrogens is 212 g/mol. The van der Waals surface area contributed by atoms with E-state index in [0.29, 0.717) is 5.56 Å². The number of carbonyl (C=O) groups excluding carboxylic acids is 1. The Morgan fingerprint density at radius 1 is 1.13 bits per heavy atom. The van der Waals surface area contributed by atoms with Gasteiger partial charge in [-0.3, -0.25) is 4.79 Å². The van der Waals surface area contributed by atoms with Gasteiger partial charge in [-0.15, -0.1) is 12.4 Å². The smallest absolute Gasteiger partial charge is 0.248 e. The van der Waals surface area contributed by atoms with Crippen LogP contribution in [-0.4, -0.2) is 5.91 Å². The fraction of sp³-hybridized carbons (Fsp3) is 0. The van der Waals surface area contributed by atoms with E-state index in [-0.39, 0.29) is 12.4 Å². The average molecular weight is 223 g/mol. The molecule has 3 nitrogen and oxygen atoms in total. The van der Waals surface area contributed by atoms with Crippen LogP contribution in [0.5, 0.6) is 0 Å². The molecule has 1 amide bonds.